The molecule has 100 valence electrons. The third-order valence-corrected chi connectivity index (χ3v) is 3.54. The molecule has 0 radical (unpaired) electrons. The van der Waals surface area contributed by atoms with Gasteiger partial charge in [-0.15, -0.1) is 0 Å². The summed E-state index contributed by atoms with van der Waals surface area (Å²) >= 11 is 0. The van der Waals surface area contributed by atoms with Gasteiger partial charge in [0.15, 0.2) is 0 Å². The minimum absolute atomic E-state index is 0.0261. The van der Waals surface area contributed by atoms with Gasteiger partial charge in [-0.1, -0.05) is 0 Å². The van der Waals surface area contributed by atoms with Crippen molar-refractivity contribution in [3.05, 3.63) is 29.6 Å². The summed E-state index contributed by atoms with van der Waals surface area (Å²) in [5.41, 5.74) is 6.96. The predicted molar refractivity (Wildman–Crippen MR) is 70.1 cm³/mol. The third kappa shape index (κ3) is 2.65. The van der Waals surface area contributed by atoms with E-state index in [-0.39, 0.29) is 17.9 Å². The van der Waals surface area contributed by atoms with Crippen LogP contribution in [0.25, 0.3) is 0 Å². The van der Waals surface area contributed by atoms with Crippen molar-refractivity contribution in [3.8, 4) is 5.75 Å². The van der Waals surface area contributed by atoms with Crippen LogP contribution in [0.5, 0.6) is 5.75 Å². The Labute approximate surface area is 108 Å². The van der Waals surface area contributed by atoms with E-state index in [0.717, 1.165) is 18.7 Å². The Bertz CT molecular complexity index is 403. The van der Waals surface area contributed by atoms with Crippen LogP contribution in [0.15, 0.2) is 18.2 Å². The molecule has 0 spiro atoms. The summed E-state index contributed by atoms with van der Waals surface area (Å²) in [5.74, 6) is 0.473. The molecule has 2 atom stereocenters. The van der Waals surface area contributed by atoms with Crippen LogP contribution in [-0.2, 0) is 0 Å². The van der Waals surface area contributed by atoms with Crippen molar-refractivity contribution in [1.82, 2.24) is 4.90 Å². The monoisotopic (exact) mass is 252 g/mol. The van der Waals surface area contributed by atoms with Gasteiger partial charge in [0.05, 0.1) is 13.2 Å². The average molecular weight is 252 g/mol. The highest BCUT2D eigenvalue weighted by Gasteiger charge is 2.29. The molecular weight excluding hydrogens is 231 g/mol. The fourth-order valence-electron chi connectivity index (χ4n) is 2.77. The van der Waals surface area contributed by atoms with Gasteiger partial charge in [-0.2, -0.15) is 0 Å². The first-order valence-corrected chi connectivity index (χ1v) is 6.46. The summed E-state index contributed by atoms with van der Waals surface area (Å²) in [6.07, 6.45) is 2.36. The van der Waals surface area contributed by atoms with Gasteiger partial charge in [0, 0.05) is 11.6 Å². The quantitative estimate of drug-likeness (QED) is 0.893. The number of nitrogens with zero attached hydrogens (tertiary/aromatic N) is 1. The van der Waals surface area contributed by atoms with Crippen LogP contribution in [0.1, 0.15) is 31.4 Å². The topological polar surface area (TPSA) is 38.5 Å². The van der Waals surface area contributed by atoms with E-state index in [2.05, 4.69) is 4.90 Å². The van der Waals surface area contributed by atoms with Crippen molar-refractivity contribution < 1.29 is 9.13 Å². The van der Waals surface area contributed by atoms with E-state index in [0.29, 0.717) is 5.75 Å². The number of likely N-dealkylation sites (tertiary alicyclic amines) is 1. The summed E-state index contributed by atoms with van der Waals surface area (Å²) in [4.78, 5) is 2.32. The van der Waals surface area contributed by atoms with Crippen molar-refractivity contribution >= 4 is 0 Å². The van der Waals surface area contributed by atoms with E-state index in [4.69, 9.17) is 10.5 Å². The molecule has 1 aliphatic rings. The van der Waals surface area contributed by atoms with Crippen LogP contribution in [-0.4, -0.2) is 31.1 Å². The number of methoxy groups -OCH3 is 1. The lowest BCUT2D eigenvalue weighted by molar-refractivity contribution is 0.213. The molecule has 1 saturated heterocycles. The van der Waals surface area contributed by atoms with Crippen LogP contribution in [0.2, 0.25) is 0 Å². The number of ether oxygens (including phenoxy) is 1. The molecule has 1 fully saturated rings. The minimum atomic E-state index is -0.240. The van der Waals surface area contributed by atoms with Crippen LogP contribution in [0.3, 0.4) is 0 Å². The Morgan fingerprint density at radius 1 is 1.33 bits per heavy atom. The van der Waals surface area contributed by atoms with Crippen LogP contribution < -0.4 is 10.5 Å². The van der Waals surface area contributed by atoms with Gasteiger partial charge in [-0.3, -0.25) is 4.90 Å². The van der Waals surface area contributed by atoms with E-state index >= 15 is 0 Å². The van der Waals surface area contributed by atoms with E-state index in [1.54, 1.807) is 19.2 Å². The zero-order valence-corrected chi connectivity index (χ0v) is 11.0. The molecule has 0 bridgehead atoms. The summed E-state index contributed by atoms with van der Waals surface area (Å²) in [5, 5.41) is 0. The maximum absolute atomic E-state index is 13.5. The Hall–Kier alpha value is -1.13. The zero-order valence-electron chi connectivity index (χ0n) is 11.0. The molecule has 1 aromatic rings. The number of benzene rings is 1. The molecule has 2 rings (SSSR count). The lowest BCUT2D eigenvalue weighted by Crippen LogP contribution is -2.38. The average Bonchev–Trinajstić information content (AvgIpc) is 2.83. The summed E-state index contributed by atoms with van der Waals surface area (Å²) in [6, 6.07) is 4.61. The SMILES string of the molecule is COc1ccc(F)cc1C(C(C)N)N1CCCC1. The molecule has 1 aliphatic heterocycles. The van der Waals surface area contributed by atoms with E-state index in [1.807, 2.05) is 6.92 Å². The van der Waals surface area contributed by atoms with Crippen molar-refractivity contribution in [2.24, 2.45) is 5.73 Å². The normalized spacial score (nSPS) is 19.8. The second-order valence-electron chi connectivity index (χ2n) is 4.93. The van der Waals surface area contributed by atoms with Gasteiger partial charge in [0.1, 0.15) is 11.6 Å². The van der Waals surface area contributed by atoms with Crippen molar-refractivity contribution in [2.75, 3.05) is 20.2 Å². The molecule has 3 nitrogen and oxygen atoms in total. The fourth-order valence-corrected chi connectivity index (χ4v) is 2.77. The highest BCUT2D eigenvalue weighted by molar-refractivity contribution is 5.37. The molecule has 0 amide bonds. The molecule has 1 aromatic carbocycles. The highest BCUT2D eigenvalue weighted by atomic mass is 19.1. The molecular formula is C14H21FN2O. The second kappa shape index (κ2) is 5.67. The van der Waals surface area contributed by atoms with Gasteiger partial charge in [0.25, 0.3) is 0 Å². The predicted octanol–water partition coefficient (Wildman–Crippen LogP) is 2.32. The second-order valence-corrected chi connectivity index (χ2v) is 4.93. The number of hydrogen-bond acceptors (Lipinski definition) is 3. The largest absolute Gasteiger partial charge is 0.496 e. The first-order chi connectivity index (χ1) is 8.63. The molecule has 4 heteroatoms. The van der Waals surface area contributed by atoms with Gasteiger partial charge >= 0.3 is 0 Å². The summed E-state index contributed by atoms with van der Waals surface area (Å²) in [6.45, 7) is 4.01. The number of halogens is 1. The van der Waals surface area contributed by atoms with Crippen LogP contribution in [0, 0.1) is 5.82 Å². The highest BCUT2D eigenvalue weighted by Crippen LogP contribution is 2.33. The first-order valence-electron chi connectivity index (χ1n) is 6.46. The molecule has 0 aliphatic carbocycles. The summed E-state index contributed by atoms with van der Waals surface area (Å²) in [7, 11) is 1.61. The van der Waals surface area contributed by atoms with Gasteiger partial charge < -0.3 is 10.5 Å². The van der Waals surface area contributed by atoms with Crippen LogP contribution >= 0.6 is 0 Å². The zero-order chi connectivity index (χ0) is 13.1. The lowest BCUT2D eigenvalue weighted by atomic mass is 9.98. The lowest BCUT2D eigenvalue weighted by Gasteiger charge is -2.32. The number of hydrogen-bond donors (Lipinski definition) is 1. The number of rotatable bonds is 4. The van der Waals surface area contributed by atoms with Gasteiger partial charge in [-0.05, 0) is 51.1 Å². The Balaban J connectivity index is 2.37. The summed E-state index contributed by atoms with van der Waals surface area (Å²) < 4.78 is 18.8. The molecule has 2 unspecified atom stereocenters. The molecule has 1 heterocycles. The van der Waals surface area contributed by atoms with Crippen LogP contribution in [0.4, 0.5) is 4.39 Å². The Morgan fingerprint density at radius 3 is 2.56 bits per heavy atom. The van der Waals surface area contributed by atoms with Crippen molar-refractivity contribution in [2.45, 2.75) is 31.8 Å². The minimum Gasteiger partial charge on any atom is -0.496 e. The van der Waals surface area contributed by atoms with Gasteiger partial charge in [0.2, 0.25) is 0 Å². The Kier molecular flexibility index (Phi) is 4.19. The molecule has 2 N–H and O–H groups in total. The molecule has 0 saturated carbocycles. The third-order valence-electron chi connectivity index (χ3n) is 3.54. The first kappa shape index (κ1) is 13.3. The van der Waals surface area contributed by atoms with Crippen molar-refractivity contribution in [1.29, 1.82) is 0 Å². The van der Waals surface area contributed by atoms with E-state index < -0.39 is 0 Å². The maximum Gasteiger partial charge on any atom is 0.123 e. The number of nitrogens with two attached hydrogens (primary N) is 1. The maximum atomic E-state index is 13.5. The van der Waals surface area contributed by atoms with E-state index in [1.165, 1.54) is 18.9 Å². The van der Waals surface area contributed by atoms with E-state index in [9.17, 15) is 4.39 Å². The molecule has 18 heavy (non-hydrogen) atoms. The van der Waals surface area contributed by atoms with Crippen molar-refractivity contribution in [3.63, 3.8) is 0 Å². The smallest absolute Gasteiger partial charge is 0.123 e. The Morgan fingerprint density at radius 2 is 2.00 bits per heavy atom. The van der Waals surface area contributed by atoms with Gasteiger partial charge in [-0.25, -0.2) is 4.39 Å². The standard InChI is InChI=1S/C14H21FN2O/c1-10(16)14(17-7-3-4-8-17)12-9-11(15)5-6-13(12)18-2/h5-6,9-10,14H,3-4,7-8,16H2,1-2H3. The fraction of sp³-hybridized carbons (Fsp3) is 0.571. The molecule has 0 aromatic heterocycles.